The van der Waals surface area contributed by atoms with Crippen molar-refractivity contribution in [2.45, 2.75) is 11.8 Å². The maximum atomic E-state index is 12.1. The minimum atomic E-state index is -3.49. The van der Waals surface area contributed by atoms with E-state index in [0.717, 1.165) is 6.26 Å². The number of nitrogens with two attached hydrogens (primary N) is 2. The number of benzene rings is 1. The van der Waals surface area contributed by atoms with E-state index >= 15 is 0 Å². The first-order chi connectivity index (χ1) is 10.2. The summed E-state index contributed by atoms with van der Waals surface area (Å²) in [5, 5.41) is 0. The molecule has 1 aromatic heterocycles. The molecular formula is C14H16N4O3S. The van der Waals surface area contributed by atoms with Gasteiger partial charge >= 0.3 is 0 Å². The minimum absolute atomic E-state index is 0.0240. The van der Waals surface area contributed by atoms with E-state index in [1.54, 1.807) is 36.0 Å². The molecule has 0 saturated carbocycles. The molecule has 0 saturated heterocycles. The van der Waals surface area contributed by atoms with E-state index in [4.69, 9.17) is 11.5 Å². The first-order valence-corrected chi connectivity index (χ1v) is 8.21. The van der Waals surface area contributed by atoms with E-state index in [1.165, 1.54) is 12.1 Å². The molecule has 116 valence electrons. The van der Waals surface area contributed by atoms with Gasteiger partial charge in [0.05, 0.1) is 4.90 Å². The lowest BCUT2D eigenvalue weighted by Crippen LogP contribution is -2.24. The summed E-state index contributed by atoms with van der Waals surface area (Å²) in [5.41, 5.74) is 11.7. The Kier molecular flexibility index (Phi) is 4.05. The van der Waals surface area contributed by atoms with Crippen LogP contribution in [0.2, 0.25) is 0 Å². The number of carbonyl (C=O) groups is 1. The van der Waals surface area contributed by atoms with Crippen LogP contribution < -0.4 is 11.5 Å². The van der Waals surface area contributed by atoms with Crippen molar-refractivity contribution in [1.29, 1.82) is 0 Å². The molecule has 0 spiro atoms. The molecule has 0 atom stereocenters. The summed E-state index contributed by atoms with van der Waals surface area (Å²) < 4.78 is 25.4. The number of guanidine groups is 1. The number of amides is 1. The Morgan fingerprint density at radius 2 is 1.77 bits per heavy atom. The zero-order chi connectivity index (χ0) is 16.5. The molecule has 0 aliphatic rings. The van der Waals surface area contributed by atoms with Gasteiger partial charge in [-0.1, -0.05) is 0 Å². The predicted octanol–water partition coefficient (Wildman–Crippen LogP) is 0.603. The smallest absolute Gasteiger partial charge is 0.280 e. The zero-order valence-electron chi connectivity index (χ0n) is 12.1. The number of carbonyl (C=O) groups excluding carboxylic acids is 1. The highest BCUT2D eigenvalue weighted by molar-refractivity contribution is 7.90. The Morgan fingerprint density at radius 3 is 2.27 bits per heavy atom. The van der Waals surface area contributed by atoms with Crippen LogP contribution >= 0.6 is 0 Å². The third kappa shape index (κ3) is 3.17. The number of aliphatic imine (C=N–C) groups is 1. The third-order valence-corrected chi connectivity index (χ3v) is 4.22. The molecule has 22 heavy (non-hydrogen) atoms. The van der Waals surface area contributed by atoms with Crippen LogP contribution in [-0.2, 0) is 9.84 Å². The predicted molar refractivity (Wildman–Crippen MR) is 83.8 cm³/mol. The first kappa shape index (κ1) is 15.8. The minimum Gasteiger partial charge on any atom is -0.370 e. The van der Waals surface area contributed by atoms with Crippen LogP contribution in [0.3, 0.4) is 0 Å². The van der Waals surface area contributed by atoms with Gasteiger partial charge in [0.25, 0.3) is 5.91 Å². The number of aromatic nitrogens is 1. The van der Waals surface area contributed by atoms with Crippen molar-refractivity contribution in [3.63, 3.8) is 0 Å². The van der Waals surface area contributed by atoms with Crippen LogP contribution in [0.4, 0.5) is 0 Å². The standard InChI is InChI=1S/C14H16N4O3S/c1-9-11(13(19)17-14(15)16)7-10(22(2,20)21)8-12(9)18-5-3-4-6-18/h3-8H,1-2H3,(H4,15,16,17,19). The summed E-state index contributed by atoms with van der Waals surface area (Å²) in [6, 6.07) is 6.39. The molecule has 0 radical (unpaired) electrons. The Hall–Kier alpha value is -2.61. The van der Waals surface area contributed by atoms with E-state index in [0.29, 0.717) is 11.3 Å². The van der Waals surface area contributed by atoms with Crippen LogP contribution in [0.15, 0.2) is 46.5 Å². The Balaban J connectivity index is 2.76. The molecule has 8 heteroatoms. The second-order valence-electron chi connectivity index (χ2n) is 4.82. The summed E-state index contributed by atoms with van der Waals surface area (Å²) in [5.74, 6) is -1.06. The summed E-state index contributed by atoms with van der Waals surface area (Å²) in [6.07, 6.45) is 4.58. The van der Waals surface area contributed by atoms with Crippen molar-refractivity contribution in [3.05, 3.63) is 47.8 Å². The van der Waals surface area contributed by atoms with Crippen molar-refractivity contribution >= 4 is 21.7 Å². The van der Waals surface area contributed by atoms with Gasteiger partial charge in [0.15, 0.2) is 15.8 Å². The van der Waals surface area contributed by atoms with Crippen LogP contribution in [0.5, 0.6) is 0 Å². The SMILES string of the molecule is Cc1c(C(=O)N=C(N)N)cc(S(C)(=O)=O)cc1-n1cccc1. The highest BCUT2D eigenvalue weighted by Gasteiger charge is 2.18. The molecule has 1 aromatic carbocycles. The third-order valence-electron chi connectivity index (χ3n) is 3.13. The van der Waals surface area contributed by atoms with E-state index < -0.39 is 15.7 Å². The van der Waals surface area contributed by atoms with Crippen molar-refractivity contribution in [2.24, 2.45) is 16.5 Å². The molecule has 0 unspecified atom stereocenters. The van der Waals surface area contributed by atoms with Gasteiger partial charge in [0.2, 0.25) is 0 Å². The summed E-state index contributed by atoms with van der Waals surface area (Å²) in [7, 11) is -3.49. The molecule has 0 fully saturated rings. The number of nitrogens with zero attached hydrogens (tertiary/aromatic N) is 2. The second kappa shape index (κ2) is 5.64. The molecular weight excluding hydrogens is 304 g/mol. The fraction of sp³-hybridized carbons (Fsp3) is 0.143. The Bertz CT molecular complexity index is 848. The molecule has 1 heterocycles. The van der Waals surface area contributed by atoms with Gasteiger partial charge in [-0.25, -0.2) is 8.42 Å². The van der Waals surface area contributed by atoms with Gasteiger partial charge in [-0.2, -0.15) is 4.99 Å². The largest absolute Gasteiger partial charge is 0.370 e. The first-order valence-electron chi connectivity index (χ1n) is 6.32. The highest BCUT2D eigenvalue weighted by Crippen LogP contribution is 2.24. The topological polar surface area (TPSA) is 121 Å². The van der Waals surface area contributed by atoms with Gasteiger partial charge in [0.1, 0.15) is 0 Å². The van der Waals surface area contributed by atoms with Crippen LogP contribution in [-0.4, -0.2) is 31.1 Å². The van der Waals surface area contributed by atoms with E-state index in [1.807, 2.05) is 0 Å². The maximum absolute atomic E-state index is 12.1. The van der Waals surface area contributed by atoms with Crippen molar-refractivity contribution in [1.82, 2.24) is 4.57 Å². The Labute approximate surface area is 128 Å². The quantitative estimate of drug-likeness (QED) is 0.634. The molecule has 2 aromatic rings. The van der Waals surface area contributed by atoms with E-state index in [-0.39, 0.29) is 16.4 Å². The number of hydrogen-bond donors (Lipinski definition) is 2. The Morgan fingerprint density at radius 1 is 1.18 bits per heavy atom. The molecule has 0 aliphatic heterocycles. The number of sulfone groups is 1. The lowest BCUT2D eigenvalue weighted by molar-refractivity contribution is 0.100. The molecule has 0 aliphatic carbocycles. The lowest BCUT2D eigenvalue weighted by Gasteiger charge is -2.13. The van der Waals surface area contributed by atoms with Crippen LogP contribution in [0.25, 0.3) is 5.69 Å². The average Bonchev–Trinajstić information content (AvgIpc) is 2.90. The fourth-order valence-corrected chi connectivity index (χ4v) is 2.71. The van der Waals surface area contributed by atoms with Gasteiger partial charge in [-0.15, -0.1) is 0 Å². The normalized spacial score (nSPS) is 11.2. The average molecular weight is 320 g/mol. The lowest BCUT2D eigenvalue weighted by atomic mass is 10.1. The molecule has 7 nitrogen and oxygen atoms in total. The zero-order valence-corrected chi connectivity index (χ0v) is 13.0. The van der Waals surface area contributed by atoms with Gasteiger partial charge < -0.3 is 16.0 Å². The summed E-state index contributed by atoms with van der Waals surface area (Å²) in [4.78, 5) is 15.6. The number of rotatable bonds is 3. The maximum Gasteiger partial charge on any atom is 0.280 e. The van der Waals surface area contributed by atoms with Crippen LogP contribution in [0.1, 0.15) is 15.9 Å². The number of hydrogen-bond acceptors (Lipinski definition) is 3. The van der Waals surface area contributed by atoms with Crippen molar-refractivity contribution in [3.8, 4) is 5.69 Å². The summed E-state index contributed by atoms with van der Waals surface area (Å²) >= 11 is 0. The van der Waals surface area contributed by atoms with Gasteiger partial charge in [-0.05, 0) is 36.8 Å². The summed E-state index contributed by atoms with van der Waals surface area (Å²) in [6.45, 7) is 1.71. The highest BCUT2D eigenvalue weighted by atomic mass is 32.2. The van der Waals surface area contributed by atoms with Gasteiger partial charge in [-0.3, -0.25) is 4.79 Å². The molecule has 4 N–H and O–H groups in total. The molecule has 0 bridgehead atoms. The van der Waals surface area contributed by atoms with Crippen molar-refractivity contribution < 1.29 is 13.2 Å². The van der Waals surface area contributed by atoms with Gasteiger partial charge in [0, 0.05) is 29.9 Å². The second-order valence-corrected chi connectivity index (χ2v) is 6.83. The van der Waals surface area contributed by atoms with E-state index in [9.17, 15) is 13.2 Å². The monoisotopic (exact) mass is 320 g/mol. The molecule has 1 amide bonds. The fourth-order valence-electron chi connectivity index (χ4n) is 2.05. The van der Waals surface area contributed by atoms with Crippen LogP contribution in [0, 0.1) is 6.92 Å². The molecule has 2 rings (SSSR count). The van der Waals surface area contributed by atoms with E-state index in [2.05, 4.69) is 4.99 Å². The van der Waals surface area contributed by atoms with Crippen molar-refractivity contribution in [2.75, 3.05) is 6.26 Å².